The number of carbonyl (C=O) groups excluding carboxylic acids is 1. The first-order valence-corrected chi connectivity index (χ1v) is 10.3. The summed E-state index contributed by atoms with van der Waals surface area (Å²) >= 11 is 0. The maximum atomic E-state index is 12.7. The Morgan fingerprint density at radius 3 is 2.77 bits per heavy atom. The second-order valence-electron chi connectivity index (χ2n) is 6.57. The van der Waals surface area contributed by atoms with Gasteiger partial charge >= 0.3 is 0 Å². The SMILES string of the molecule is CC(NS(=O)(=O)c1ccc2c(c1)OCCCO2)C(=O)N1CCCC1CN. The quantitative estimate of drug-likeness (QED) is 0.764. The molecule has 3 rings (SSSR count). The fourth-order valence-corrected chi connectivity index (χ4v) is 4.49. The molecule has 1 fully saturated rings. The molecule has 0 radical (unpaired) electrons. The predicted octanol–water partition coefficient (Wildman–Crippen LogP) is 0.464. The van der Waals surface area contributed by atoms with Crippen LogP contribution in [-0.2, 0) is 14.8 Å². The van der Waals surface area contributed by atoms with Crippen LogP contribution in [0.4, 0.5) is 0 Å². The lowest BCUT2D eigenvalue weighted by Crippen LogP contribution is -2.50. The normalized spacial score (nSPS) is 21.3. The molecular weight excluding hydrogens is 358 g/mol. The maximum Gasteiger partial charge on any atom is 0.241 e. The van der Waals surface area contributed by atoms with Crippen LogP contribution >= 0.6 is 0 Å². The summed E-state index contributed by atoms with van der Waals surface area (Å²) < 4.78 is 38.9. The maximum absolute atomic E-state index is 12.7. The molecule has 1 aromatic carbocycles. The number of amides is 1. The van der Waals surface area contributed by atoms with Gasteiger partial charge in [0.2, 0.25) is 15.9 Å². The standard InChI is InChI=1S/C17H25N3O5S/c1-12(17(21)20-7-2-4-13(20)11-18)19-26(22,23)14-5-6-15-16(10-14)25-9-3-8-24-15/h5-6,10,12-13,19H,2-4,7-9,11,18H2,1H3. The first kappa shape index (κ1) is 18.9. The number of rotatable bonds is 5. The largest absolute Gasteiger partial charge is 0.490 e. The van der Waals surface area contributed by atoms with Crippen molar-refractivity contribution in [3.8, 4) is 11.5 Å². The van der Waals surface area contributed by atoms with Crippen molar-refractivity contribution >= 4 is 15.9 Å². The Bertz CT molecular complexity index is 768. The van der Waals surface area contributed by atoms with E-state index in [0.29, 0.717) is 37.8 Å². The molecule has 0 spiro atoms. The fourth-order valence-electron chi connectivity index (χ4n) is 3.28. The van der Waals surface area contributed by atoms with Crippen molar-refractivity contribution in [1.29, 1.82) is 0 Å². The molecule has 0 aliphatic carbocycles. The average Bonchev–Trinajstić information content (AvgIpc) is 2.97. The molecule has 0 saturated carbocycles. The third-order valence-corrected chi connectivity index (χ3v) is 6.20. The van der Waals surface area contributed by atoms with E-state index in [2.05, 4.69) is 4.72 Å². The third-order valence-electron chi connectivity index (χ3n) is 4.66. The van der Waals surface area contributed by atoms with Crippen LogP contribution in [0.2, 0.25) is 0 Å². The number of sulfonamides is 1. The van der Waals surface area contributed by atoms with Gasteiger partial charge in [-0.1, -0.05) is 0 Å². The third kappa shape index (κ3) is 3.94. The Morgan fingerprint density at radius 2 is 2.04 bits per heavy atom. The summed E-state index contributed by atoms with van der Waals surface area (Å²) in [6, 6.07) is 3.56. The summed E-state index contributed by atoms with van der Waals surface area (Å²) in [5.74, 6) is 0.663. The van der Waals surface area contributed by atoms with Crippen LogP contribution in [0.1, 0.15) is 26.2 Å². The van der Waals surface area contributed by atoms with E-state index in [1.165, 1.54) is 12.1 Å². The number of fused-ring (bicyclic) bond motifs is 1. The van der Waals surface area contributed by atoms with Gasteiger partial charge in [0.15, 0.2) is 11.5 Å². The summed E-state index contributed by atoms with van der Waals surface area (Å²) in [4.78, 5) is 14.3. The zero-order valence-electron chi connectivity index (χ0n) is 14.8. The highest BCUT2D eigenvalue weighted by atomic mass is 32.2. The van der Waals surface area contributed by atoms with Crippen molar-refractivity contribution in [3.63, 3.8) is 0 Å². The van der Waals surface area contributed by atoms with E-state index >= 15 is 0 Å². The Balaban J connectivity index is 1.74. The molecule has 8 nitrogen and oxygen atoms in total. The van der Waals surface area contributed by atoms with Crippen LogP contribution in [0.15, 0.2) is 23.1 Å². The highest BCUT2D eigenvalue weighted by Crippen LogP contribution is 2.32. The average molecular weight is 383 g/mol. The van der Waals surface area contributed by atoms with Gasteiger partial charge in [-0.05, 0) is 31.9 Å². The molecule has 2 unspecified atom stereocenters. The number of carbonyl (C=O) groups is 1. The Labute approximate surface area is 153 Å². The first-order valence-electron chi connectivity index (χ1n) is 8.85. The van der Waals surface area contributed by atoms with Gasteiger partial charge in [-0.2, -0.15) is 4.72 Å². The minimum absolute atomic E-state index is 0.0208. The number of hydrogen-bond acceptors (Lipinski definition) is 6. The molecule has 0 bridgehead atoms. The number of likely N-dealkylation sites (tertiary alicyclic amines) is 1. The molecular formula is C17H25N3O5S. The van der Waals surface area contributed by atoms with Crippen LogP contribution in [0.25, 0.3) is 0 Å². The highest BCUT2D eigenvalue weighted by molar-refractivity contribution is 7.89. The number of benzene rings is 1. The van der Waals surface area contributed by atoms with Crippen molar-refractivity contribution < 1.29 is 22.7 Å². The van der Waals surface area contributed by atoms with Gasteiger partial charge in [-0.25, -0.2) is 8.42 Å². The van der Waals surface area contributed by atoms with Crippen LogP contribution < -0.4 is 19.9 Å². The van der Waals surface area contributed by atoms with E-state index < -0.39 is 16.1 Å². The molecule has 1 saturated heterocycles. The predicted molar refractivity (Wildman–Crippen MR) is 95.6 cm³/mol. The summed E-state index contributed by atoms with van der Waals surface area (Å²) in [5.41, 5.74) is 5.70. The first-order chi connectivity index (χ1) is 12.4. The lowest BCUT2D eigenvalue weighted by Gasteiger charge is -2.27. The van der Waals surface area contributed by atoms with Gasteiger partial charge in [0, 0.05) is 31.6 Å². The molecule has 2 aliphatic heterocycles. The van der Waals surface area contributed by atoms with Crippen LogP contribution in [-0.4, -0.2) is 57.6 Å². The molecule has 144 valence electrons. The zero-order valence-corrected chi connectivity index (χ0v) is 15.6. The molecule has 2 aliphatic rings. The van der Waals surface area contributed by atoms with Crippen molar-refractivity contribution in [2.75, 3.05) is 26.3 Å². The zero-order chi connectivity index (χ0) is 18.7. The van der Waals surface area contributed by atoms with E-state index in [4.69, 9.17) is 15.2 Å². The van der Waals surface area contributed by atoms with Gasteiger partial charge in [-0.15, -0.1) is 0 Å². The lowest BCUT2D eigenvalue weighted by atomic mass is 10.2. The number of hydrogen-bond donors (Lipinski definition) is 2. The number of nitrogens with zero attached hydrogens (tertiary/aromatic N) is 1. The van der Waals surface area contributed by atoms with E-state index in [0.717, 1.165) is 19.3 Å². The molecule has 2 atom stereocenters. The van der Waals surface area contributed by atoms with Crippen molar-refractivity contribution in [1.82, 2.24) is 9.62 Å². The molecule has 0 aromatic heterocycles. The molecule has 2 heterocycles. The highest BCUT2D eigenvalue weighted by Gasteiger charge is 2.32. The van der Waals surface area contributed by atoms with Crippen molar-refractivity contribution in [2.24, 2.45) is 5.73 Å². The Kier molecular flexibility index (Phi) is 5.69. The molecule has 1 amide bonds. The molecule has 9 heteroatoms. The van der Waals surface area contributed by atoms with Gasteiger partial charge in [0.1, 0.15) is 0 Å². The second kappa shape index (κ2) is 7.81. The number of nitrogens with one attached hydrogen (secondary N) is 1. The van der Waals surface area contributed by atoms with Crippen LogP contribution in [0.5, 0.6) is 11.5 Å². The van der Waals surface area contributed by atoms with Crippen LogP contribution in [0, 0.1) is 0 Å². The lowest BCUT2D eigenvalue weighted by molar-refractivity contribution is -0.133. The minimum Gasteiger partial charge on any atom is -0.490 e. The van der Waals surface area contributed by atoms with Gasteiger partial charge in [0.25, 0.3) is 0 Å². The number of nitrogens with two attached hydrogens (primary N) is 1. The van der Waals surface area contributed by atoms with Gasteiger partial charge in [-0.3, -0.25) is 4.79 Å². The Hall–Kier alpha value is -1.84. The topological polar surface area (TPSA) is 111 Å². The summed E-state index contributed by atoms with van der Waals surface area (Å²) in [5, 5.41) is 0. The number of ether oxygens (including phenoxy) is 2. The van der Waals surface area contributed by atoms with E-state index in [9.17, 15) is 13.2 Å². The molecule has 1 aromatic rings. The van der Waals surface area contributed by atoms with E-state index in [1.807, 2.05) is 0 Å². The van der Waals surface area contributed by atoms with Crippen molar-refractivity contribution in [3.05, 3.63) is 18.2 Å². The fraction of sp³-hybridized carbons (Fsp3) is 0.588. The van der Waals surface area contributed by atoms with E-state index in [1.54, 1.807) is 17.9 Å². The Morgan fingerprint density at radius 1 is 1.31 bits per heavy atom. The van der Waals surface area contributed by atoms with Gasteiger partial charge < -0.3 is 20.1 Å². The summed E-state index contributed by atoms with van der Waals surface area (Å²) in [6.45, 7) is 3.54. The van der Waals surface area contributed by atoms with E-state index in [-0.39, 0.29) is 16.8 Å². The minimum atomic E-state index is -3.87. The van der Waals surface area contributed by atoms with Crippen LogP contribution in [0.3, 0.4) is 0 Å². The van der Waals surface area contributed by atoms with Gasteiger partial charge in [0.05, 0.1) is 24.2 Å². The monoisotopic (exact) mass is 383 g/mol. The molecule has 26 heavy (non-hydrogen) atoms. The second-order valence-corrected chi connectivity index (χ2v) is 8.28. The smallest absolute Gasteiger partial charge is 0.241 e. The summed E-state index contributed by atoms with van der Waals surface area (Å²) in [6.07, 6.45) is 2.47. The summed E-state index contributed by atoms with van der Waals surface area (Å²) in [7, 11) is -3.87. The van der Waals surface area contributed by atoms with Crippen molar-refractivity contribution in [2.45, 2.75) is 43.2 Å². The molecule has 3 N–H and O–H groups in total.